The van der Waals surface area contributed by atoms with Crippen LogP contribution in [0.15, 0.2) is 42.5 Å². The van der Waals surface area contributed by atoms with Gasteiger partial charge in [-0.25, -0.2) is 0 Å². The minimum Gasteiger partial charge on any atom is -0.0620 e. The topological polar surface area (TPSA) is 0 Å². The van der Waals surface area contributed by atoms with E-state index in [0.717, 1.165) is 0 Å². The van der Waals surface area contributed by atoms with Gasteiger partial charge < -0.3 is 0 Å². The van der Waals surface area contributed by atoms with Gasteiger partial charge in [0.15, 0.2) is 0 Å². The molecule has 0 spiro atoms. The Balaban J connectivity index is 2.59. The zero-order chi connectivity index (χ0) is 10.8. The van der Waals surface area contributed by atoms with Gasteiger partial charge in [0.1, 0.15) is 0 Å². The Morgan fingerprint density at radius 1 is 0.733 bits per heavy atom. The van der Waals surface area contributed by atoms with Crippen molar-refractivity contribution in [3.63, 3.8) is 0 Å². The molecule has 0 heteroatoms. The molecular weight excluding hydrogens is 180 g/mol. The molecule has 76 valence electrons. The van der Waals surface area contributed by atoms with E-state index in [9.17, 15) is 0 Å². The molecule has 0 bridgehead atoms. The average Bonchev–Trinajstić information content (AvgIpc) is 2.16. The van der Waals surface area contributed by atoms with E-state index in [1.165, 1.54) is 27.8 Å². The molecule has 0 aliphatic heterocycles. The van der Waals surface area contributed by atoms with E-state index in [1.807, 2.05) is 0 Å². The maximum Gasteiger partial charge on any atom is -0.0155 e. The molecule has 0 unspecified atom stereocenters. The Hall–Kier alpha value is -1.56. The van der Waals surface area contributed by atoms with Gasteiger partial charge in [-0.05, 0) is 37.5 Å². The maximum atomic E-state index is 2.25. The van der Waals surface area contributed by atoms with Crippen LogP contribution in [0.3, 0.4) is 0 Å². The predicted molar refractivity (Wildman–Crippen MR) is 66.1 cm³/mol. The second-order valence-corrected chi connectivity index (χ2v) is 4.19. The lowest BCUT2D eigenvalue weighted by molar-refractivity contribution is 1.37. The van der Waals surface area contributed by atoms with Gasteiger partial charge in [-0.3, -0.25) is 0 Å². The smallest absolute Gasteiger partial charge is 0.0155 e. The number of benzene rings is 2. The normalized spacial score (nSPS) is 10.3. The number of aryl methyl sites for hydroxylation is 3. The van der Waals surface area contributed by atoms with Crippen molar-refractivity contribution in [2.45, 2.75) is 20.8 Å². The van der Waals surface area contributed by atoms with Crippen LogP contribution in [0.4, 0.5) is 0 Å². The van der Waals surface area contributed by atoms with Crippen molar-refractivity contribution in [2.75, 3.05) is 0 Å². The van der Waals surface area contributed by atoms with Crippen molar-refractivity contribution in [1.29, 1.82) is 0 Å². The van der Waals surface area contributed by atoms with Crippen LogP contribution in [0.2, 0.25) is 0 Å². The largest absolute Gasteiger partial charge is 0.0620 e. The summed E-state index contributed by atoms with van der Waals surface area (Å²) in [6.45, 7) is 6.45. The van der Waals surface area contributed by atoms with E-state index >= 15 is 0 Å². The Kier molecular flexibility index (Phi) is 2.59. The molecule has 2 rings (SSSR count). The van der Waals surface area contributed by atoms with Gasteiger partial charge in [0, 0.05) is 0 Å². The highest BCUT2D eigenvalue weighted by molar-refractivity contribution is 5.68. The fraction of sp³-hybridized carbons (Fsp3) is 0.200. The van der Waals surface area contributed by atoms with Crippen LogP contribution in [0, 0.1) is 20.8 Å². The Morgan fingerprint density at radius 3 is 1.93 bits per heavy atom. The second-order valence-electron chi connectivity index (χ2n) is 4.19. The summed E-state index contributed by atoms with van der Waals surface area (Å²) in [6.07, 6.45) is 0. The highest BCUT2D eigenvalue weighted by Crippen LogP contribution is 2.24. The van der Waals surface area contributed by atoms with E-state index in [-0.39, 0.29) is 0 Å². The van der Waals surface area contributed by atoms with Crippen molar-refractivity contribution in [3.8, 4) is 11.1 Å². The monoisotopic (exact) mass is 196 g/mol. The Morgan fingerprint density at radius 2 is 1.33 bits per heavy atom. The van der Waals surface area contributed by atoms with Gasteiger partial charge in [-0.1, -0.05) is 53.6 Å². The Bertz CT molecular complexity index is 461. The first-order valence-electron chi connectivity index (χ1n) is 5.31. The average molecular weight is 196 g/mol. The van der Waals surface area contributed by atoms with Gasteiger partial charge in [0.2, 0.25) is 0 Å². The summed E-state index contributed by atoms with van der Waals surface area (Å²) < 4.78 is 0. The van der Waals surface area contributed by atoms with Crippen molar-refractivity contribution in [3.05, 3.63) is 59.2 Å². The van der Waals surface area contributed by atoms with E-state index in [1.54, 1.807) is 0 Å². The second kappa shape index (κ2) is 3.90. The SMILES string of the molecule is Cc1cc(C)cc(-c2ccccc2C)c1. The molecule has 0 aromatic heterocycles. The minimum atomic E-state index is 1.32. The molecule has 15 heavy (non-hydrogen) atoms. The molecular formula is C15H16. The van der Waals surface area contributed by atoms with E-state index in [0.29, 0.717) is 0 Å². The number of hydrogen-bond acceptors (Lipinski definition) is 0. The van der Waals surface area contributed by atoms with Crippen LogP contribution >= 0.6 is 0 Å². The van der Waals surface area contributed by atoms with Crippen LogP contribution in [0.1, 0.15) is 16.7 Å². The summed E-state index contributed by atoms with van der Waals surface area (Å²) in [5, 5.41) is 0. The first-order valence-corrected chi connectivity index (χ1v) is 5.31. The lowest BCUT2D eigenvalue weighted by Crippen LogP contribution is -1.85. The first-order chi connectivity index (χ1) is 7.16. The summed E-state index contributed by atoms with van der Waals surface area (Å²) in [4.78, 5) is 0. The molecule has 2 aromatic rings. The maximum absolute atomic E-state index is 2.25. The molecule has 0 amide bonds. The van der Waals surface area contributed by atoms with Crippen molar-refractivity contribution < 1.29 is 0 Å². The van der Waals surface area contributed by atoms with Gasteiger partial charge in [-0.15, -0.1) is 0 Å². The fourth-order valence-electron chi connectivity index (χ4n) is 2.03. The van der Waals surface area contributed by atoms with Crippen LogP contribution in [-0.2, 0) is 0 Å². The summed E-state index contributed by atoms with van der Waals surface area (Å²) >= 11 is 0. The zero-order valence-electron chi connectivity index (χ0n) is 9.54. The third-order valence-electron chi connectivity index (χ3n) is 2.68. The summed E-state index contributed by atoms with van der Waals surface area (Å²) in [5.74, 6) is 0. The molecule has 0 nitrogen and oxygen atoms in total. The highest BCUT2D eigenvalue weighted by Gasteiger charge is 2.01. The molecule has 0 aliphatic rings. The molecule has 0 saturated heterocycles. The summed E-state index contributed by atoms with van der Waals surface area (Å²) in [6, 6.07) is 15.2. The van der Waals surface area contributed by atoms with Crippen molar-refractivity contribution in [1.82, 2.24) is 0 Å². The summed E-state index contributed by atoms with van der Waals surface area (Å²) in [7, 11) is 0. The predicted octanol–water partition coefficient (Wildman–Crippen LogP) is 4.28. The quantitative estimate of drug-likeness (QED) is 0.638. The fourth-order valence-corrected chi connectivity index (χ4v) is 2.03. The van der Waals surface area contributed by atoms with Crippen LogP contribution in [0.25, 0.3) is 11.1 Å². The number of hydrogen-bond donors (Lipinski definition) is 0. The standard InChI is InChI=1S/C15H16/c1-11-8-12(2)10-14(9-11)15-7-5-4-6-13(15)3/h4-10H,1-3H3. The molecule has 2 aromatic carbocycles. The van der Waals surface area contributed by atoms with E-state index < -0.39 is 0 Å². The van der Waals surface area contributed by atoms with Crippen LogP contribution in [-0.4, -0.2) is 0 Å². The molecule has 0 N–H and O–H groups in total. The van der Waals surface area contributed by atoms with Crippen molar-refractivity contribution >= 4 is 0 Å². The summed E-state index contributed by atoms with van der Waals surface area (Å²) in [5.41, 5.74) is 6.65. The third-order valence-corrected chi connectivity index (χ3v) is 2.68. The first kappa shape index (κ1) is 9.97. The lowest BCUT2D eigenvalue weighted by atomic mass is 9.97. The van der Waals surface area contributed by atoms with Crippen molar-refractivity contribution in [2.24, 2.45) is 0 Å². The van der Waals surface area contributed by atoms with E-state index in [2.05, 4.69) is 63.2 Å². The lowest BCUT2D eigenvalue weighted by Gasteiger charge is -2.08. The molecule has 0 saturated carbocycles. The Labute approximate surface area is 91.6 Å². The third kappa shape index (κ3) is 2.10. The van der Waals surface area contributed by atoms with Gasteiger partial charge in [0.05, 0.1) is 0 Å². The molecule has 0 fully saturated rings. The molecule has 0 heterocycles. The minimum absolute atomic E-state index is 1.32. The van der Waals surface area contributed by atoms with Crippen LogP contribution < -0.4 is 0 Å². The molecule has 0 radical (unpaired) electrons. The highest BCUT2D eigenvalue weighted by atomic mass is 14.1. The number of rotatable bonds is 1. The van der Waals surface area contributed by atoms with Crippen LogP contribution in [0.5, 0.6) is 0 Å². The zero-order valence-corrected chi connectivity index (χ0v) is 9.54. The van der Waals surface area contributed by atoms with Gasteiger partial charge in [-0.2, -0.15) is 0 Å². The van der Waals surface area contributed by atoms with E-state index in [4.69, 9.17) is 0 Å². The van der Waals surface area contributed by atoms with Gasteiger partial charge >= 0.3 is 0 Å². The van der Waals surface area contributed by atoms with Gasteiger partial charge in [0.25, 0.3) is 0 Å². The molecule has 0 atom stereocenters. The molecule has 0 aliphatic carbocycles.